The van der Waals surface area contributed by atoms with E-state index in [4.69, 9.17) is 0 Å². The van der Waals surface area contributed by atoms with Crippen molar-refractivity contribution < 1.29 is 4.39 Å². The molecule has 1 aromatic rings. The predicted octanol–water partition coefficient (Wildman–Crippen LogP) is 4.94. The molecule has 0 atom stereocenters. The van der Waals surface area contributed by atoms with Crippen molar-refractivity contribution in [2.45, 2.75) is 26.2 Å². The molecular weight excluding hydrogens is 335 g/mol. The lowest BCUT2D eigenvalue weighted by molar-refractivity contribution is 0.351. The third-order valence-corrected chi connectivity index (χ3v) is 5.22. The van der Waals surface area contributed by atoms with E-state index in [-0.39, 0.29) is 11.2 Å². The minimum absolute atomic E-state index is 0.164. The summed E-state index contributed by atoms with van der Waals surface area (Å²) in [4.78, 5) is 0. The Bertz CT molecular complexity index is 304. The molecule has 1 aromatic carbocycles. The van der Waals surface area contributed by atoms with Gasteiger partial charge in [-0.15, -0.1) is 0 Å². The lowest BCUT2D eigenvalue weighted by atomic mass is 9.82. The first-order valence-electron chi connectivity index (χ1n) is 5.52. The Hall–Kier alpha value is 0.110. The molecule has 0 aliphatic rings. The molecule has 1 rings (SSSR count). The zero-order valence-corrected chi connectivity index (χ0v) is 12.7. The van der Waals surface area contributed by atoms with Gasteiger partial charge >= 0.3 is 0 Å². The van der Waals surface area contributed by atoms with Crippen molar-refractivity contribution in [2.75, 3.05) is 10.7 Å². The second-order valence-corrected chi connectivity index (χ2v) is 5.44. The minimum Gasteiger partial charge on any atom is -0.207 e. The Kier molecular flexibility index (Phi) is 5.98. The van der Waals surface area contributed by atoms with Crippen molar-refractivity contribution in [1.82, 2.24) is 0 Å². The topological polar surface area (TPSA) is 0 Å². The maximum Gasteiger partial charge on any atom is 0.123 e. The van der Waals surface area contributed by atoms with Gasteiger partial charge in [-0.2, -0.15) is 0 Å². The molecule has 3 heteroatoms. The summed E-state index contributed by atoms with van der Waals surface area (Å²) in [5.41, 5.74) is 1.45. The van der Waals surface area contributed by atoms with Gasteiger partial charge in [0.15, 0.2) is 0 Å². The first-order valence-corrected chi connectivity index (χ1v) is 7.76. The largest absolute Gasteiger partial charge is 0.207 e. The molecule has 0 radical (unpaired) electrons. The third-order valence-electron chi connectivity index (χ3n) is 2.84. The highest BCUT2D eigenvalue weighted by Gasteiger charge is 2.27. The number of halogens is 3. The first-order chi connectivity index (χ1) is 7.65. The Morgan fingerprint density at radius 1 is 1.12 bits per heavy atom. The van der Waals surface area contributed by atoms with Crippen molar-refractivity contribution in [3.05, 3.63) is 35.6 Å². The molecule has 0 spiro atoms. The lowest BCUT2D eigenvalue weighted by Gasteiger charge is -2.29. The highest BCUT2D eigenvalue weighted by atomic mass is 79.9. The maximum atomic E-state index is 12.8. The SMILES string of the molecule is CCCC(CBr)(CBr)Cc1ccc(F)cc1. The van der Waals surface area contributed by atoms with E-state index in [1.165, 1.54) is 30.5 Å². The second kappa shape index (κ2) is 6.75. The molecule has 0 heterocycles. The molecule has 0 aromatic heterocycles. The molecule has 16 heavy (non-hydrogen) atoms. The average molecular weight is 352 g/mol. The van der Waals surface area contributed by atoms with Gasteiger partial charge in [0.05, 0.1) is 0 Å². The number of hydrogen-bond donors (Lipinski definition) is 0. The Labute approximate surface area is 114 Å². The van der Waals surface area contributed by atoms with E-state index >= 15 is 0 Å². The van der Waals surface area contributed by atoms with Crippen molar-refractivity contribution in [2.24, 2.45) is 5.41 Å². The van der Waals surface area contributed by atoms with Crippen LogP contribution in [0.1, 0.15) is 25.3 Å². The van der Waals surface area contributed by atoms with E-state index in [1.54, 1.807) is 0 Å². The predicted molar refractivity (Wildman–Crippen MR) is 75.0 cm³/mol. The van der Waals surface area contributed by atoms with Crippen LogP contribution in [0.2, 0.25) is 0 Å². The normalized spacial score (nSPS) is 11.8. The van der Waals surface area contributed by atoms with Crippen LogP contribution in [0.15, 0.2) is 24.3 Å². The second-order valence-electron chi connectivity index (χ2n) is 4.32. The molecular formula is C13H17Br2F. The molecule has 90 valence electrons. The molecule has 0 saturated carbocycles. The zero-order valence-electron chi connectivity index (χ0n) is 9.48. The average Bonchev–Trinajstić information content (AvgIpc) is 2.31. The molecule has 0 nitrogen and oxygen atoms in total. The summed E-state index contributed by atoms with van der Waals surface area (Å²) in [7, 11) is 0. The van der Waals surface area contributed by atoms with Crippen LogP contribution < -0.4 is 0 Å². The van der Waals surface area contributed by atoms with Gasteiger partial charge in [0.2, 0.25) is 0 Å². The quantitative estimate of drug-likeness (QED) is 0.636. The van der Waals surface area contributed by atoms with Crippen LogP contribution in [-0.4, -0.2) is 10.7 Å². The standard InChI is InChI=1S/C13H17Br2F/c1-2-7-13(9-14,10-15)8-11-3-5-12(16)6-4-11/h3-6H,2,7-10H2,1H3. The van der Waals surface area contributed by atoms with Crippen molar-refractivity contribution in [3.63, 3.8) is 0 Å². The van der Waals surface area contributed by atoms with Gasteiger partial charge in [0.1, 0.15) is 5.82 Å². The van der Waals surface area contributed by atoms with E-state index in [2.05, 4.69) is 38.8 Å². The van der Waals surface area contributed by atoms with E-state index < -0.39 is 0 Å². The van der Waals surface area contributed by atoms with Crippen molar-refractivity contribution in [1.29, 1.82) is 0 Å². The van der Waals surface area contributed by atoms with Crippen LogP contribution in [0.4, 0.5) is 4.39 Å². The van der Waals surface area contributed by atoms with Crippen LogP contribution in [0.5, 0.6) is 0 Å². The fraction of sp³-hybridized carbons (Fsp3) is 0.538. The molecule has 0 aliphatic heterocycles. The molecule has 0 amide bonds. The first kappa shape index (κ1) is 14.2. The highest BCUT2D eigenvalue weighted by molar-refractivity contribution is 9.09. The van der Waals surface area contributed by atoms with Gasteiger partial charge < -0.3 is 0 Å². The molecule has 0 bridgehead atoms. The van der Waals surface area contributed by atoms with Crippen LogP contribution >= 0.6 is 31.9 Å². The number of rotatable bonds is 6. The number of hydrogen-bond acceptors (Lipinski definition) is 0. The molecule has 0 N–H and O–H groups in total. The van der Waals surface area contributed by atoms with E-state index in [0.29, 0.717) is 0 Å². The monoisotopic (exact) mass is 350 g/mol. The Morgan fingerprint density at radius 2 is 1.69 bits per heavy atom. The van der Waals surface area contributed by atoms with Crippen molar-refractivity contribution in [3.8, 4) is 0 Å². The molecule has 0 unspecified atom stereocenters. The highest BCUT2D eigenvalue weighted by Crippen LogP contribution is 2.33. The third kappa shape index (κ3) is 3.85. The lowest BCUT2D eigenvalue weighted by Crippen LogP contribution is -2.27. The number of alkyl halides is 2. The van der Waals surface area contributed by atoms with Crippen LogP contribution in [0.3, 0.4) is 0 Å². The zero-order chi connectivity index (χ0) is 12.0. The minimum atomic E-state index is -0.164. The molecule has 0 aliphatic carbocycles. The fourth-order valence-electron chi connectivity index (χ4n) is 1.92. The summed E-state index contributed by atoms with van der Waals surface area (Å²) in [5.74, 6) is -0.164. The summed E-state index contributed by atoms with van der Waals surface area (Å²) in [6.45, 7) is 2.20. The Balaban J connectivity index is 2.78. The fourth-order valence-corrected chi connectivity index (χ4v) is 3.80. The molecule has 0 fully saturated rings. The van der Waals surface area contributed by atoms with Crippen LogP contribution in [0.25, 0.3) is 0 Å². The van der Waals surface area contributed by atoms with E-state index in [9.17, 15) is 4.39 Å². The van der Waals surface area contributed by atoms with Gasteiger partial charge in [-0.25, -0.2) is 4.39 Å². The van der Waals surface area contributed by atoms with E-state index in [0.717, 1.165) is 17.1 Å². The van der Waals surface area contributed by atoms with Crippen LogP contribution in [-0.2, 0) is 6.42 Å². The van der Waals surface area contributed by atoms with Gasteiger partial charge in [-0.3, -0.25) is 0 Å². The molecule has 0 saturated heterocycles. The number of benzene rings is 1. The maximum absolute atomic E-state index is 12.8. The summed E-state index contributed by atoms with van der Waals surface area (Å²) in [6.07, 6.45) is 3.32. The summed E-state index contributed by atoms with van der Waals surface area (Å²) < 4.78 is 12.8. The summed E-state index contributed by atoms with van der Waals surface area (Å²) in [6, 6.07) is 6.83. The van der Waals surface area contributed by atoms with Gasteiger partial charge in [0.25, 0.3) is 0 Å². The van der Waals surface area contributed by atoms with Gasteiger partial charge in [-0.1, -0.05) is 57.3 Å². The van der Waals surface area contributed by atoms with E-state index in [1.807, 2.05) is 12.1 Å². The smallest absolute Gasteiger partial charge is 0.123 e. The van der Waals surface area contributed by atoms with Crippen molar-refractivity contribution >= 4 is 31.9 Å². The summed E-state index contributed by atoms with van der Waals surface area (Å²) >= 11 is 7.20. The van der Waals surface area contributed by atoms with Gasteiger partial charge in [-0.05, 0) is 36.0 Å². The van der Waals surface area contributed by atoms with Crippen LogP contribution in [0, 0.1) is 11.2 Å². The van der Waals surface area contributed by atoms with Gasteiger partial charge in [0, 0.05) is 10.7 Å². The summed E-state index contributed by atoms with van der Waals surface area (Å²) in [5, 5.41) is 1.94. The Morgan fingerprint density at radius 3 is 2.12 bits per heavy atom.